The molecule has 152 valence electrons. The summed E-state index contributed by atoms with van der Waals surface area (Å²) in [5.41, 5.74) is -1.44. The molecule has 2 heterocycles. The smallest absolute Gasteiger partial charge is 0.373 e. The number of nitrogens with one attached hydrogen (secondary N) is 1. The van der Waals surface area contributed by atoms with Crippen LogP contribution in [0.25, 0.3) is 33.4 Å². The second-order valence-corrected chi connectivity index (χ2v) is 6.41. The molecule has 30 heavy (non-hydrogen) atoms. The van der Waals surface area contributed by atoms with Crippen LogP contribution >= 0.6 is 0 Å². The summed E-state index contributed by atoms with van der Waals surface area (Å²) in [4.78, 5) is 12.3. The van der Waals surface area contributed by atoms with Crippen LogP contribution < -0.4 is 5.32 Å². The molecule has 2 aromatic heterocycles. The highest BCUT2D eigenvalue weighted by atomic mass is 19.4. The highest BCUT2D eigenvalue weighted by Gasteiger charge is 2.35. The number of hydrogen-bond acceptors (Lipinski definition) is 4. The molecule has 4 nitrogen and oxygen atoms in total. The van der Waals surface area contributed by atoms with Crippen LogP contribution in [0.4, 0.5) is 27.8 Å². The van der Waals surface area contributed by atoms with Gasteiger partial charge in [-0.05, 0) is 35.9 Å². The zero-order valence-corrected chi connectivity index (χ0v) is 15.4. The summed E-state index contributed by atoms with van der Waals surface area (Å²) in [5, 5.41) is 2.78. The molecule has 0 saturated heterocycles. The summed E-state index contributed by atoms with van der Waals surface area (Å²) in [6.45, 7) is 0. The molecule has 0 aliphatic rings. The molecule has 0 atom stereocenters. The van der Waals surface area contributed by atoms with E-state index < -0.39 is 23.4 Å². The quantitative estimate of drug-likeness (QED) is 0.436. The fourth-order valence-corrected chi connectivity index (χ4v) is 3.15. The fraction of sp³-hybridized carbons (Fsp3) is 0.0952. The Bertz CT molecular complexity index is 1240. The van der Waals surface area contributed by atoms with E-state index in [2.05, 4.69) is 20.3 Å². The zero-order valence-electron chi connectivity index (χ0n) is 15.4. The van der Waals surface area contributed by atoms with Crippen molar-refractivity contribution in [2.75, 3.05) is 12.4 Å². The number of anilines is 1. The average Bonchev–Trinajstić information content (AvgIpc) is 2.74. The molecule has 9 heteroatoms. The van der Waals surface area contributed by atoms with Gasteiger partial charge in [-0.2, -0.15) is 13.2 Å². The number of alkyl halides is 3. The molecular weight excluding hydrogens is 403 g/mol. The Morgan fingerprint density at radius 3 is 2.40 bits per heavy atom. The minimum absolute atomic E-state index is 0.0265. The van der Waals surface area contributed by atoms with Gasteiger partial charge in [0, 0.05) is 36.0 Å². The third-order valence-corrected chi connectivity index (χ3v) is 4.52. The molecule has 0 bridgehead atoms. The lowest BCUT2D eigenvalue weighted by atomic mass is 9.98. The Labute approximate surface area is 167 Å². The Balaban J connectivity index is 2.07. The molecule has 0 fully saturated rings. The molecule has 1 N–H and O–H groups in total. The molecular formula is C21H13F5N4. The van der Waals surface area contributed by atoms with Crippen LogP contribution in [-0.4, -0.2) is 22.0 Å². The number of fused-ring (bicyclic) bond motifs is 1. The minimum atomic E-state index is -4.79. The van der Waals surface area contributed by atoms with Crippen LogP contribution in [-0.2, 0) is 6.18 Å². The van der Waals surface area contributed by atoms with E-state index in [1.807, 2.05) is 0 Å². The number of rotatable bonds is 3. The van der Waals surface area contributed by atoms with E-state index in [0.717, 1.165) is 12.1 Å². The van der Waals surface area contributed by atoms with E-state index in [-0.39, 0.29) is 33.7 Å². The van der Waals surface area contributed by atoms with Gasteiger partial charge in [0.2, 0.25) is 0 Å². The maximum absolute atomic E-state index is 14.3. The monoisotopic (exact) mass is 416 g/mol. The predicted octanol–water partition coefficient (Wildman–Crippen LogP) is 5.70. The second kappa shape index (κ2) is 7.33. The molecule has 0 unspecified atom stereocenters. The first-order valence-corrected chi connectivity index (χ1v) is 8.75. The molecule has 2 aromatic carbocycles. The first-order chi connectivity index (χ1) is 14.3. The van der Waals surface area contributed by atoms with Gasteiger partial charge < -0.3 is 5.32 Å². The average molecular weight is 416 g/mol. The van der Waals surface area contributed by atoms with E-state index in [4.69, 9.17) is 0 Å². The van der Waals surface area contributed by atoms with Crippen molar-refractivity contribution in [3.05, 3.63) is 72.1 Å². The zero-order chi connectivity index (χ0) is 21.5. The highest BCUT2D eigenvalue weighted by molar-refractivity contribution is 5.96. The van der Waals surface area contributed by atoms with Crippen molar-refractivity contribution < 1.29 is 22.0 Å². The summed E-state index contributed by atoms with van der Waals surface area (Å²) in [7, 11) is 1.50. The Hall–Kier alpha value is -3.62. The van der Waals surface area contributed by atoms with Crippen LogP contribution in [0.15, 0.2) is 54.9 Å². The maximum atomic E-state index is 14.3. The van der Waals surface area contributed by atoms with Crippen molar-refractivity contribution in [2.45, 2.75) is 6.18 Å². The molecule has 4 rings (SSSR count). The van der Waals surface area contributed by atoms with Gasteiger partial charge in [-0.15, -0.1) is 0 Å². The van der Waals surface area contributed by atoms with Crippen LogP contribution in [0.2, 0.25) is 0 Å². The fourth-order valence-electron chi connectivity index (χ4n) is 3.15. The second-order valence-electron chi connectivity index (χ2n) is 6.41. The molecule has 0 amide bonds. The van der Waals surface area contributed by atoms with Crippen molar-refractivity contribution in [2.24, 2.45) is 0 Å². The lowest BCUT2D eigenvalue weighted by molar-refractivity contribution is -0.136. The number of halogens is 5. The topological polar surface area (TPSA) is 50.7 Å². The summed E-state index contributed by atoms with van der Waals surface area (Å²) >= 11 is 0. The molecule has 4 aromatic rings. The van der Waals surface area contributed by atoms with E-state index in [1.165, 1.54) is 37.6 Å². The standard InChI is InChI=1S/C21H13F5N4/c1-27-20-14-8-12(13-5-2-6-16(22)17(13)23)9-15(21(24,25)26)18(14)29-19(30-20)11-4-3-7-28-10-11/h2-10H,1H3,(H,27,29,30). The van der Waals surface area contributed by atoms with E-state index in [1.54, 1.807) is 12.1 Å². The highest BCUT2D eigenvalue weighted by Crippen LogP contribution is 2.40. The predicted molar refractivity (Wildman–Crippen MR) is 103 cm³/mol. The van der Waals surface area contributed by atoms with Crippen molar-refractivity contribution in [1.29, 1.82) is 0 Å². The number of hydrogen-bond donors (Lipinski definition) is 1. The minimum Gasteiger partial charge on any atom is -0.373 e. The van der Waals surface area contributed by atoms with E-state index >= 15 is 0 Å². The van der Waals surface area contributed by atoms with Gasteiger partial charge in [-0.1, -0.05) is 12.1 Å². The van der Waals surface area contributed by atoms with Gasteiger partial charge in [-0.25, -0.2) is 18.7 Å². The summed E-state index contributed by atoms with van der Waals surface area (Å²) in [5.74, 6) is -2.22. The van der Waals surface area contributed by atoms with Crippen LogP contribution in [0.3, 0.4) is 0 Å². The SMILES string of the molecule is CNc1nc(-c2cccnc2)nc2c(C(F)(F)F)cc(-c3cccc(F)c3F)cc12. The van der Waals surface area contributed by atoms with Crippen molar-refractivity contribution in [3.8, 4) is 22.5 Å². The Kier molecular flexibility index (Phi) is 4.81. The summed E-state index contributed by atoms with van der Waals surface area (Å²) < 4.78 is 69.6. The third kappa shape index (κ3) is 3.42. The van der Waals surface area contributed by atoms with Crippen LogP contribution in [0.1, 0.15) is 5.56 Å². The summed E-state index contributed by atoms with van der Waals surface area (Å²) in [6, 6.07) is 8.64. The van der Waals surface area contributed by atoms with Crippen molar-refractivity contribution in [3.63, 3.8) is 0 Å². The summed E-state index contributed by atoms with van der Waals surface area (Å²) in [6.07, 6.45) is -1.83. The molecule has 0 saturated carbocycles. The molecule has 0 spiro atoms. The van der Waals surface area contributed by atoms with Crippen molar-refractivity contribution in [1.82, 2.24) is 15.0 Å². The van der Waals surface area contributed by atoms with Gasteiger partial charge in [0.1, 0.15) is 5.82 Å². The molecule has 0 aliphatic carbocycles. The first-order valence-electron chi connectivity index (χ1n) is 8.75. The van der Waals surface area contributed by atoms with E-state index in [0.29, 0.717) is 5.56 Å². The number of benzene rings is 2. The van der Waals surface area contributed by atoms with Crippen molar-refractivity contribution >= 4 is 16.7 Å². The third-order valence-electron chi connectivity index (χ3n) is 4.52. The largest absolute Gasteiger partial charge is 0.418 e. The molecule has 0 aliphatic heterocycles. The van der Waals surface area contributed by atoms with Gasteiger partial charge >= 0.3 is 6.18 Å². The van der Waals surface area contributed by atoms with E-state index in [9.17, 15) is 22.0 Å². The van der Waals surface area contributed by atoms with Gasteiger partial charge in [0.15, 0.2) is 17.5 Å². The molecule has 0 radical (unpaired) electrons. The first kappa shape index (κ1) is 19.7. The Morgan fingerprint density at radius 2 is 1.73 bits per heavy atom. The van der Waals surface area contributed by atoms with Gasteiger partial charge in [0.25, 0.3) is 0 Å². The Morgan fingerprint density at radius 1 is 0.933 bits per heavy atom. The van der Waals surface area contributed by atoms with Crippen LogP contribution in [0.5, 0.6) is 0 Å². The van der Waals surface area contributed by atoms with Gasteiger partial charge in [0.05, 0.1) is 11.1 Å². The normalized spacial score (nSPS) is 11.7. The van der Waals surface area contributed by atoms with Gasteiger partial charge in [-0.3, -0.25) is 4.98 Å². The van der Waals surface area contributed by atoms with Crippen LogP contribution in [0, 0.1) is 11.6 Å². The lowest BCUT2D eigenvalue weighted by Gasteiger charge is -2.16. The number of pyridine rings is 1. The lowest BCUT2D eigenvalue weighted by Crippen LogP contribution is -2.09. The number of aromatic nitrogens is 3. The maximum Gasteiger partial charge on any atom is 0.418 e. The number of nitrogens with zero attached hydrogens (tertiary/aromatic N) is 3.